The maximum atomic E-state index is 14.0. The standard InChI is InChI=1S/C20H18F4O/c1-2-3-14-4-7-16(17(21)12-14)8-5-15-6-9-19(18(22)13-15)25-11-10-20(23)24/h4-13,20H,2-3H2,1H3/b8-5+,11-10+. The van der Waals surface area contributed by atoms with Gasteiger partial charge in [-0.3, -0.25) is 0 Å². The second kappa shape index (κ2) is 9.06. The number of rotatable bonds is 7. The molecule has 2 rings (SSSR count). The van der Waals surface area contributed by atoms with Gasteiger partial charge in [0, 0.05) is 11.6 Å². The van der Waals surface area contributed by atoms with E-state index in [2.05, 4.69) is 0 Å². The van der Waals surface area contributed by atoms with Gasteiger partial charge in [-0.25, -0.2) is 17.6 Å². The van der Waals surface area contributed by atoms with Gasteiger partial charge in [0.15, 0.2) is 11.6 Å². The fourth-order valence-corrected chi connectivity index (χ4v) is 2.22. The zero-order valence-corrected chi connectivity index (χ0v) is 13.7. The van der Waals surface area contributed by atoms with Crippen LogP contribution in [0.15, 0.2) is 48.7 Å². The number of halogens is 4. The van der Waals surface area contributed by atoms with Crippen LogP contribution in [0.1, 0.15) is 30.0 Å². The van der Waals surface area contributed by atoms with E-state index in [-0.39, 0.29) is 11.6 Å². The van der Waals surface area contributed by atoms with Crippen LogP contribution in [0.5, 0.6) is 5.75 Å². The second-order valence-corrected chi connectivity index (χ2v) is 5.41. The zero-order chi connectivity index (χ0) is 18.2. The summed E-state index contributed by atoms with van der Waals surface area (Å²) in [5, 5.41) is 0. The largest absolute Gasteiger partial charge is 0.462 e. The lowest BCUT2D eigenvalue weighted by molar-refractivity contribution is 0.201. The second-order valence-electron chi connectivity index (χ2n) is 5.41. The van der Waals surface area contributed by atoms with E-state index in [1.165, 1.54) is 18.2 Å². The van der Waals surface area contributed by atoms with Crippen molar-refractivity contribution >= 4 is 12.2 Å². The van der Waals surface area contributed by atoms with Crippen molar-refractivity contribution < 1.29 is 22.3 Å². The maximum absolute atomic E-state index is 14.0. The molecular formula is C20H18F4O. The Balaban J connectivity index is 2.10. The van der Waals surface area contributed by atoms with E-state index in [4.69, 9.17) is 4.74 Å². The van der Waals surface area contributed by atoms with Gasteiger partial charge in [0.1, 0.15) is 5.82 Å². The third-order valence-electron chi connectivity index (χ3n) is 3.43. The molecule has 0 spiro atoms. The van der Waals surface area contributed by atoms with Crippen molar-refractivity contribution in [3.63, 3.8) is 0 Å². The number of ether oxygens (including phenoxy) is 1. The van der Waals surface area contributed by atoms with Crippen LogP contribution >= 0.6 is 0 Å². The summed E-state index contributed by atoms with van der Waals surface area (Å²) < 4.78 is 56.6. The van der Waals surface area contributed by atoms with E-state index in [0.717, 1.165) is 24.7 Å². The predicted molar refractivity (Wildman–Crippen MR) is 91.5 cm³/mol. The molecule has 0 radical (unpaired) electrons. The van der Waals surface area contributed by atoms with E-state index in [9.17, 15) is 17.6 Å². The number of alkyl halides is 2. The molecule has 0 fully saturated rings. The first-order valence-corrected chi connectivity index (χ1v) is 7.87. The Labute approximate surface area is 144 Å². The number of hydrogen-bond donors (Lipinski definition) is 0. The molecule has 0 N–H and O–H groups in total. The minimum atomic E-state index is -2.66. The molecule has 0 aromatic heterocycles. The maximum Gasteiger partial charge on any atom is 0.260 e. The summed E-state index contributed by atoms with van der Waals surface area (Å²) in [6.45, 7) is 2.02. The Morgan fingerprint density at radius 3 is 2.44 bits per heavy atom. The highest BCUT2D eigenvalue weighted by atomic mass is 19.3. The topological polar surface area (TPSA) is 9.23 Å². The van der Waals surface area contributed by atoms with Crippen LogP contribution in [0.4, 0.5) is 17.6 Å². The number of aryl methyl sites for hydroxylation is 1. The first-order valence-electron chi connectivity index (χ1n) is 7.87. The quantitative estimate of drug-likeness (QED) is 0.326. The summed E-state index contributed by atoms with van der Waals surface area (Å²) in [5.41, 5.74) is 1.83. The molecule has 1 nitrogen and oxygen atoms in total. The molecule has 2 aromatic rings. The van der Waals surface area contributed by atoms with Crippen molar-refractivity contribution in [2.75, 3.05) is 0 Å². The average Bonchev–Trinajstić information content (AvgIpc) is 2.56. The van der Waals surface area contributed by atoms with Gasteiger partial charge in [0.25, 0.3) is 6.43 Å². The highest BCUT2D eigenvalue weighted by Gasteiger charge is 2.04. The average molecular weight is 350 g/mol. The molecule has 0 unspecified atom stereocenters. The fraction of sp³-hybridized carbons (Fsp3) is 0.200. The summed E-state index contributed by atoms with van der Waals surface area (Å²) >= 11 is 0. The summed E-state index contributed by atoms with van der Waals surface area (Å²) in [5.74, 6) is -1.19. The Hall–Kier alpha value is -2.56. The monoisotopic (exact) mass is 350 g/mol. The van der Waals surface area contributed by atoms with Gasteiger partial charge >= 0.3 is 0 Å². The van der Waals surface area contributed by atoms with Gasteiger partial charge < -0.3 is 4.74 Å². The molecular weight excluding hydrogens is 332 g/mol. The Morgan fingerprint density at radius 1 is 1.00 bits per heavy atom. The third kappa shape index (κ3) is 5.78. The van der Waals surface area contributed by atoms with Crippen molar-refractivity contribution in [3.8, 4) is 5.75 Å². The van der Waals surface area contributed by atoms with Crippen molar-refractivity contribution in [3.05, 3.63) is 77.1 Å². The summed E-state index contributed by atoms with van der Waals surface area (Å²) in [6.07, 6.45) is 3.47. The van der Waals surface area contributed by atoms with Gasteiger partial charge in [-0.15, -0.1) is 0 Å². The Kier molecular flexibility index (Phi) is 6.81. The van der Waals surface area contributed by atoms with Crippen LogP contribution in [-0.4, -0.2) is 6.43 Å². The molecule has 0 saturated carbocycles. The van der Waals surface area contributed by atoms with Gasteiger partial charge in [0.2, 0.25) is 0 Å². The minimum Gasteiger partial charge on any atom is -0.462 e. The molecule has 25 heavy (non-hydrogen) atoms. The van der Waals surface area contributed by atoms with Crippen LogP contribution in [-0.2, 0) is 6.42 Å². The van der Waals surface area contributed by atoms with Gasteiger partial charge in [-0.05, 0) is 35.7 Å². The van der Waals surface area contributed by atoms with Crippen LogP contribution < -0.4 is 4.74 Å². The molecule has 0 amide bonds. The molecule has 0 bridgehead atoms. The third-order valence-corrected chi connectivity index (χ3v) is 3.43. The Morgan fingerprint density at radius 2 is 1.80 bits per heavy atom. The first kappa shape index (κ1) is 18.8. The highest BCUT2D eigenvalue weighted by Crippen LogP contribution is 2.21. The minimum absolute atomic E-state index is 0.163. The van der Waals surface area contributed by atoms with Crippen LogP contribution in [0.2, 0.25) is 0 Å². The van der Waals surface area contributed by atoms with E-state index >= 15 is 0 Å². The molecule has 0 heterocycles. The van der Waals surface area contributed by atoms with Crippen LogP contribution in [0.25, 0.3) is 12.2 Å². The van der Waals surface area contributed by atoms with Crippen molar-refractivity contribution in [1.82, 2.24) is 0 Å². The molecule has 0 atom stereocenters. The molecule has 5 heteroatoms. The van der Waals surface area contributed by atoms with Gasteiger partial charge in [0.05, 0.1) is 6.26 Å². The normalized spacial score (nSPS) is 11.8. The van der Waals surface area contributed by atoms with E-state index in [1.54, 1.807) is 24.3 Å². The summed E-state index contributed by atoms with van der Waals surface area (Å²) in [6, 6.07) is 9.10. The van der Waals surface area contributed by atoms with Crippen molar-refractivity contribution in [2.24, 2.45) is 0 Å². The molecule has 2 aromatic carbocycles. The van der Waals surface area contributed by atoms with Crippen molar-refractivity contribution in [2.45, 2.75) is 26.2 Å². The van der Waals surface area contributed by atoms with E-state index < -0.39 is 12.2 Å². The first-order chi connectivity index (χ1) is 12.0. The van der Waals surface area contributed by atoms with Crippen LogP contribution in [0, 0.1) is 11.6 Å². The number of benzene rings is 2. The lowest BCUT2D eigenvalue weighted by Crippen LogP contribution is -1.90. The zero-order valence-electron chi connectivity index (χ0n) is 13.7. The van der Waals surface area contributed by atoms with Crippen molar-refractivity contribution in [1.29, 1.82) is 0 Å². The molecule has 0 saturated heterocycles. The van der Waals surface area contributed by atoms with Gasteiger partial charge in [-0.1, -0.05) is 43.7 Å². The highest BCUT2D eigenvalue weighted by molar-refractivity contribution is 5.70. The fourth-order valence-electron chi connectivity index (χ4n) is 2.22. The summed E-state index contributed by atoms with van der Waals surface area (Å²) in [7, 11) is 0. The molecule has 0 aliphatic carbocycles. The molecule has 0 aliphatic rings. The lowest BCUT2D eigenvalue weighted by atomic mass is 10.1. The summed E-state index contributed by atoms with van der Waals surface area (Å²) in [4.78, 5) is 0. The van der Waals surface area contributed by atoms with Crippen LogP contribution in [0.3, 0.4) is 0 Å². The Bertz CT molecular complexity index is 766. The SMILES string of the molecule is CCCc1ccc(/C=C/c2ccc(O/C=C/C(F)F)c(F)c2)c(F)c1. The lowest BCUT2D eigenvalue weighted by Gasteiger charge is -2.04. The number of hydrogen-bond acceptors (Lipinski definition) is 1. The predicted octanol–water partition coefficient (Wildman–Crippen LogP) is 6.25. The smallest absolute Gasteiger partial charge is 0.260 e. The van der Waals surface area contributed by atoms with E-state index in [1.807, 2.05) is 13.0 Å². The molecule has 132 valence electrons. The number of allylic oxidation sites excluding steroid dienone is 1. The van der Waals surface area contributed by atoms with Gasteiger partial charge in [-0.2, -0.15) is 0 Å². The molecule has 0 aliphatic heterocycles. The van der Waals surface area contributed by atoms with E-state index in [0.29, 0.717) is 17.2 Å².